The van der Waals surface area contributed by atoms with Crippen molar-refractivity contribution in [1.29, 1.82) is 0 Å². The SMILES string of the molecule is CCC(=O)c1coc(CN(C)S(=O)(=O)c2c(C)cc(OC)cc2C)n1. The van der Waals surface area contributed by atoms with Crippen molar-refractivity contribution in [2.24, 2.45) is 0 Å². The number of carbonyl (C=O) groups is 1. The summed E-state index contributed by atoms with van der Waals surface area (Å²) in [6.07, 6.45) is 1.57. The molecule has 0 radical (unpaired) electrons. The number of hydrogen-bond acceptors (Lipinski definition) is 6. The van der Waals surface area contributed by atoms with E-state index < -0.39 is 10.0 Å². The topological polar surface area (TPSA) is 89.7 Å². The molecule has 136 valence electrons. The van der Waals surface area contributed by atoms with E-state index >= 15 is 0 Å². The Kier molecular flexibility index (Phi) is 5.64. The van der Waals surface area contributed by atoms with E-state index in [-0.39, 0.29) is 28.8 Å². The predicted octanol–water partition coefficient (Wildman–Crippen LogP) is 2.71. The minimum Gasteiger partial charge on any atom is -0.497 e. The average molecular weight is 366 g/mol. The monoisotopic (exact) mass is 366 g/mol. The number of aromatic nitrogens is 1. The van der Waals surface area contributed by atoms with E-state index in [2.05, 4.69) is 4.98 Å². The second kappa shape index (κ2) is 7.37. The summed E-state index contributed by atoms with van der Waals surface area (Å²) in [5.74, 6) is 0.626. The lowest BCUT2D eigenvalue weighted by Gasteiger charge is -2.19. The zero-order valence-corrected chi connectivity index (χ0v) is 15.8. The molecule has 7 nitrogen and oxygen atoms in total. The quantitative estimate of drug-likeness (QED) is 0.700. The van der Waals surface area contributed by atoms with Crippen LogP contribution in [-0.4, -0.2) is 37.6 Å². The fourth-order valence-electron chi connectivity index (χ4n) is 2.56. The van der Waals surface area contributed by atoms with Crippen molar-refractivity contribution in [2.75, 3.05) is 14.2 Å². The number of methoxy groups -OCH3 is 1. The highest BCUT2D eigenvalue weighted by atomic mass is 32.2. The molecule has 1 aromatic carbocycles. The van der Waals surface area contributed by atoms with Gasteiger partial charge in [0.25, 0.3) is 0 Å². The van der Waals surface area contributed by atoms with Crippen molar-refractivity contribution in [1.82, 2.24) is 9.29 Å². The first kappa shape index (κ1) is 19.1. The van der Waals surface area contributed by atoms with Gasteiger partial charge in [-0.1, -0.05) is 6.92 Å². The summed E-state index contributed by atoms with van der Waals surface area (Å²) >= 11 is 0. The summed E-state index contributed by atoms with van der Waals surface area (Å²) in [6.45, 7) is 5.10. The zero-order chi connectivity index (χ0) is 18.8. The number of rotatable bonds is 7. The Morgan fingerprint density at radius 1 is 1.28 bits per heavy atom. The van der Waals surface area contributed by atoms with Gasteiger partial charge >= 0.3 is 0 Å². The Bertz CT molecular complexity index is 863. The molecule has 0 unspecified atom stereocenters. The predicted molar refractivity (Wildman–Crippen MR) is 92.2 cm³/mol. The molecule has 1 aromatic heterocycles. The molecule has 0 N–H and O–H groups in total. The van der Waals surface area contributed by atoms with Gasteiger partial charge in [0.2, 0.25) is 15.9 Å². The number of hydrogen-bond donors (Lipinski definition) is 0. The maximum atomic E-state index is 12.9. The van der Waals surface area contributed by atoms with Gasteiger partial charge in [0.1, 0.15) is 17.7 Å². The Hall–Kier alpha value is -2.19. The van der Waals surface area contributed by atoms with Crippen LogP contribution in [0.2, 0.25) is 0 Å². The minimum atomic E-state index is -3.75. The maximum Gasteiger partial charge on any atom is 0.243 e. The van der Waals surface area contributed by atoms with Crippen molar-refractivity contribution in [3.8, 4) is 5.75 Å². The molecule has 2 aromatic rings. The molecule has 0 spiro atoms. The summed E-state index contributed by atoms with van der Waals surface area (Å²) in [7, 11) is -0.765. The van der Waals surface area contributed by atoms with Crippen molar-refractivity contribution < 1.29 is 22.4 Å². The average Bonchev–Trinajstić information content (AvgIpc) is 3.01. The lowest BCUT2D eigenvalue weighted by molar-refractivity contribution is 0.0983. The van der Waals surface area contributed by atoms with Crippen LogP contribution >= 0.6 is 0 Å². The van der Waals surface area contributed by atoms with Gasteiger partial charge in [0.05, 0.1) is 18.6 Å². The Labute approximate surface area is 147 Å². The van der Waals surface area contributed by atoms with Crippen molar-refractivity contribution in [2.45, 2.75) is 38.6 Å². The van der Waals surface area contributed by atoms with E-state index in [9.17, 15) is 13.2 Å². The molecule has 0 aliphatic rings. The smallest absolute Gasteiger partial charge is 0.243 e. The maximum absolute atomic E-state index is 12.9. The largest absolute Gasteiger partial charge is 0.497 e. The van der Waals surface area contributed by atoms with E-state index in [1.54, 1.807) is 32.9 Å². The molecular weight excluding hydrogens is 344 g/mol. The van der Waals surface area contributed by atoms with Crippen LogP contribution in [0.15, 0.2) is 27.7 Å². The molecule has 1 heterocycles. The Morgan fingerprint density at radius 3 is 2.40 bits per heavy atom. The minimum absolute atomic E-state index is 0.0652. The van der Waals surface area contributed by atoms with Crippen LogP contribution < -0.4 is 4.74 Å². The van der Waals surface area contributed by atoms with E-state index in [4.69, 9.17) is 9.15 Å². The highest BCUT2D eigenvalue weighted by molar-refractivity contribution is 7.89. The van der Waals surface area contributed by atoms with Gasteiger partial charge in [-0.25, -0.2) is 13.4 Å². The van der Waals surface area contributed by atoms with Gasteiger partial charge in [0.15, 0.2) is 5.78 Å². The third kappa shape index (κ3) is 3.91. The standard InChI is InChI=1S/C17H22N2O5S/c1-6-15(20)14-10-24-16(18-14)9-19(4)25(21,22)17-11(2)7-13(23-5)8-12(17)3/h7-8,10H,6,9H2,1-5H3. The number of aryl methyl sites for hydroxylation is 2. The highest BCUT2D eigenvalue weighted by Gasteiger charge is 2.27. The molecule has 0 aliphatic heterocycles. The van der Waals surface area contributed by atoms with E-state index in [1.807, 2.05) is 0 Å². The van der Waals surface area contributed by atoms with Gasteiger partial charge in [-0.3, -0.25) is 4.79 Å². The lowest BCUT2D eigenvalue weighted by Crippen LogP contribution is -2.28. The number of carbonyl (C=O) groups excluding carboxylic acids is 1. The first-order chi connectivity index (χ1) is 11.7. The van der Waals surface area contributed by atoms with Crippen molar-refractivity contribution in [3.63, 3.8) is 0 Å². The van der Waals surface area contributed by atoms with Crippen LogP contribution in [0.4, 0.5) is 0 Å². The van der Waals surface area contributed by atoms with E-state index in [0.717, 1.165) is 4.31 Å². The van der Waals surface area contributed by atoms with Gasteiger partial charge in [-0.05, 0) is 37.1 Å². The molecule has 25 heavy (non-hydrogen) atoms. The summed E-state index contributed by atoms with van der Waals surface area (Å²) in [5.41, 5.74) is 1.40. The van der Waals surface area contributed by atoms with Crippen LogP contribution in [0.25, 0.3) is 0 Å². The first-order valence-electron chi connectivity index (χ1n) is 7.79. The molecule has 0 bridgehead atoms. The molecule has 2 rings (SSSR count). The van der Waals surface area contributed by atoms with Crippen molar-refractivity contribution >= 4 is 15.8 Å². The van der Waals surface area contributed by atoms with E-state index in [1.165, 1.54) is 20.4 Å². The number of ketones is 1. The number of ether oxygens (including phenoxy) is 1. The first-order valence-corrected chi connectivity index (χ1v) is 9.23. The number of oxazole rings is 1. The Balaban J connectivity index is 2.31. The molecule has 0 aliphatic carbocycles. The number of sulfonamides is 1. The lowest BCUT2D eigenvalue weighted by atomic mass is 10.1. The van der Waals surface area contributed by atoms with Gasteiger partial charge in [-0.15, -0.1) is 0 Å². The third-order valence-corrected chi connectivity index (χ3v) is 5.96. The van der Waals surface area contributed by atoms with Crippen LogP contribution in [0, 0.1) is 13.8 Å². The van der Waals surface area contributed by atoms with E-state index in [0.29, 0.717) is 23.3 Å². The highest BCUT2D eigenvalue weighted by Crippen LogP contribution is 2.28. The van der Waals surface area contributed by atoms with Gasteiger partial charge in [0, 0.05) is 13.5 Å². The fourth-order valence-corrected chi connectivity index (χ4v) is 4.08. The molecule has 0 atom stereocenters. The molecular formula is C17H22N2O5S. The van der Waals surface area contributed by atoms with Crippen LogP contribution in [0.1, 0.15) is 40.9 Å². The number of Topliss-reactive ketones (excluding diaryl/α,β-unsaturated/α-hetero) is 1. The Morgan fingerprint density at radius 2 is 1.88 bits per heavy atom. The van der Waals surface area contributed by atoms with Crippen LogP contribution in [-0.2, 0) is 16.6 Å². The molecule has 0 saturated heterocycles. The second-order valence-electron chi connectivity index (χ2n) is 5.75. The molecule has 0 fully saturated rings. The summed E-state index contributed by atoms with van der Waals surface area (Å²) in [4.78, 5) is 15.9. The summed E-state index contributed by atoms with van der Waals surface area (Å²) in [6, 6.07) is 3.35. The second-order valence-corrected chi connectivity index (χ2v) is 7.74. The van der Waals surface area contributed by atoms with Gasteiger partial charge < -0.3 is 9.15 Å². The zero-order valence-electron chi connectivity index (χ0n) is 15.0. The van der Waals surface area contributed by atoms with Crippen molar-refractivity contribution in [3.05, 3.63) is 41.1 Å². The molecule has 8 heteroatoms. The summed E-state index contributed by atoms with van der Waals surface area (Å²) in [5, 5.41) is 0. The van der Waals surface area contributed by atoms with Crippen LogP contribution in [0.3, 0.4) is 0 Å². The third-order valence-electron chi connectivity index (χ3n) is 3.85. The number of benzene rings is 1. The number of nitrogens with zero attached hydrogens (tertiary/aromatic N) is 2. The normalized spacial score (nSPS) is 11.8. The van der Waals surface area contributed by atoms with Crippen LogP contribution in [0.5, 0.6) is 5.75 Å². The molecule has 0 saturated carbocycles. The fraction of sp³-hybridized carbons (Fsp3) is 0.412. The molecule has 0 amide bonds. The van der Waals surface area contributed by atoms with Gasteiger partial charge in [-0.2, -0.15) is 4.31 Å². The summed E-state index contributed by atoms with van der Waals surface area (Å²) < 4.78 is 37.4.